The van der Waals surface area contributed by atoms with Crippen LogP contribution in [0.3, 0.4) is 0 Å². The lowest BCUT2D eigenvalue weighted by atomic mass is 9.78. The van der Waals surface area contributed by atoms with Crippen LogP contribution in [0.15, 0.2) is 30.3 Å². The predicted molar refractivity (Wildman–Crippen MR) is 133 cm³/mol. The van der Waals surface area contributed by atoms with Crippen LogP contribution in [0.4, 0.5) is 8.78 Å². The van der Waals surface area contributed by atoms with Crippen LogP contribution >= 0.6 is 0 Å². The van der Waals surface area contributed by atoms with E-state index in [0.717, 1.165) is 37.7 Å². The van der Waals surface area contributed by atoms with Gasteiger partial charge >= 0.3 is 11.9 Å². The lowest BCUT2D eigenvalue weighted by molar-refractivity contribution is -0.149. The molecule has 0 saturated heterocycles. The molecule has 6 heteroatoms. The number of unbranched alkanes of at least 4 members (excludes halogenated alkanes) is 4. The molecular weight excluding hydrogens is 450 g/mol. The van der Waals surface area contributed by atoms with Crippen LogP contribution in [-0.2, 0) is 25.7 Å². The maximum atomic E-state index is 14.3. The number of ketones is 2. The highest BCUT2D eigenvalue weighted by Crippen LogP contribution is 2.42. The van der Waals surface area contributed by atoms with Crippen molar-refractivity contribution < 1.29 is 27.9 Å². The molecule has 0 amide bonds. The number of alkyl halides is 2. The Bertz CT molecular complexity index is 808. The summed E-state index contributed by atoms with van der Waals surface area (Å²) in [5.41, 5.74) is 0.964. The van der Waals surface area contributed by atoms with E-state index in [1.54, 1.807) is 6.92 Å². The molecule has 0 aliphatic heterocycles. The Morgan fingerprint density at radius 3 is 2.46 bits per heavy atom. The van der Waals surface area contributed by atoms with E-state index in [4.69, 9.17) is 4.74 Å². The smallest absolute Gasteiger partial charge is 0.306 e. The largest absolute Gasteiger partial charge is 0.461 e. The van der Waals surface area contributed by atoms with Crippen LogP contribution in [0.1, 0.15) is 97.0 Å². The molecule has 4 nitrogen and oxygen atoms in total. The molecule has 4 atom stereocenters. The summed E-state index contributed by atoms with van der Waals surface area (Å²) in [7, 11) is 0. The van der Waals surface area contributed by atoms with Gasteiger partial charge < -0.3 is 4.74 Å². The Morgan fingerprint density at radius 2 is 1.77 bits per heavy atom. The maximum Gasteiger partial charge on any atom is 0.306 e. The Labute approximate surface area is 209 Å². The van der Waals surface area contributed by atoms with E-state index in [-0.39, 0.29) is 36.1 Å². The fourth-order valence-corrected chi connectivity index (χ4v) is 5.22. The molecule has 1 aliphatic rings. The van der Waals surface area contributed by atoms with Crippen molar-refractivity contribution in [3.05, 3.63) is 35.9 Å². The lowest BCUT2D eigenvalue weighted by Crippen LogP contribution is -2.35. The first-order chi connectivity index (χ1) is 16.7. The van der Waals surface area contributed by atoms with E-state index >= 15 is 0 Å². The van der Waals surface area contributed by atoms with Gasteiger partial charge in [-0.2, -0.15) is 8.78 Å². The van der Waals surface area contributed by atoms with Gasteiger partial charge in [0.2, 0.25) is 5.78 Å². The van der Waals surface area contributed by atoms with E-state index in [2.05, 4.69) is 0 Å². The van der Waals surface area contributed by atoms with Crippen molar-refractivity contribution in [3.8, 4) is 0 Å². The van der Waals surface area contributed by atoms with Gasteiger partial charge in [0.15, 0.2) is 0 Å². The second-order valence-electron chi connectivity index (χ2n) is 10.3. The van der Waals surface area contributed by atoms with Gasteiger partial charge in [0, 0.05) is 31.1 Å². The number of halogens is 2. The number of Topliss-reactive ketones (excluding diaryl/α,β-unsaturated/α-hetero) is 2. The van der Waals surface area contributed by atoms with Gasteiger partial charge in [-0.3, -0.25) is 14.4 Å². The second kappa shape index (κ2) is 14.4. The number of esters is 1. The standard InChI is InChI=1S/C29H42F2O4/c1-4-5-17-29(30,31)28(34)22(3)18-25-21(2)19-26(32)24(25)15-11-6-7-12-16-27(33)35-20-23-13-9-8-10-14-23/h8-10,13-14,21-22,24-25H,4-7,11-12,15-20H2,1-3H3/t21-,22?,24-,25+/m1/s1. The molecule has 1 unspecified atom stereocenters. The van der Waals surface area contributed by atoms with Crippen LogP contribution < -0.4 is 0 Å². The van der Waals surface area contributed by atoms with Crippen LogP contribution in [-0.4, -0.2) is 23.5 Å². The van der Waals surface area contributed by atoms with Crippen molar-refractivity contribution in [2.24, 2.45) is 23.7 Å². The summed E-state index contributed by atoms with van der Waals surface area (Å²) in [4.78, 5) is 36.9. The molecule has 0 aromatic heterocycles. The van der Waals surface area contributed by atoms with Crippen molar-refractivity contribution in [2.75, 3.05) is 0 Å². The molecule has 1 aromatic carbocycles. The predicted octanol–water partition coefficient (Wildman–Crippen LogP) is 7.33. The quantitative estimate of drug-likeness (QED) is 0.179. The van der Waals surface area contributed by atoms with Gasteiger partial charge in [0.25, 0.3) is 0 Å². The van der Waals surface area contributed by atoms with Crippen molar-refractivity contribution in [1.82, 2.24) is 0 Å². The van der Waals surface area contributed by atoms with Crippen molar-refractivity contribution in [2.45, 2.75) is 104 Å². The zero-order valence-corrected chi connectivity index (χ0v) is 21.6. The molecule has 2 rings (SSSR count). The second-order valence-corrected chi connectivity index (χ2v) is 10.3. The molecule has 0 spiro atoms. The molecule has 1 aromatic rings. The minimum absolute atomic E-state index is 0.0172. The maximum absolute atomic E-state index is 14.3. The van der Waals surface area contributed by atoms with Crippen LogP contribution in [0.25, 0.3) is 0 Å². The van der Waals surface area contributed by atoms with Crippen molar-refractivity contribution >= 4 is 17.5 Å². The molecule has 1 aliphatic carbocycles. The average molecular weight is 493 g/mol. The number of hydrogen-bond donors (Lipinski definition) is 0. The third-order valence-corrected chi connectivity index (χ3v) is 7.35. The molecule has 1 fully saturated rings. The van der Waals surface area contributed by atoms with E-state index in [0.29, 0.717) is 32.1 Å². The summed E-state index contributed by atoms with van der Waals surface area (Å²) in [5.74, 6) is -5.06. The van der Waals surface area contributed by atoms with Crippen molar-refractivity contribution in [3.63, 3.8) is 0 Å². The number of rotatable bonds is 16. The molecule has 196 valence electrons. The van der Waals surface area contributed by atoms with Gasteiger partial charge in [-0.25, -0.2) is 0 Å². The fraction of sp³-hybridized carbons (Fsp3) is 0.690. The highest BCUT2D eigenvalue weighted by Gasteiger charge is 2.45. The minimum Gasteiger partial charge on any atom is -0.461 e. The van der Waals surface area contributed by atoms with Gasteiger partial charge in [-0.15, -0.1) is 0 Å². The van der Waals surface area contributed by atoms with Gasteiger partial charge in [0.05, 0.1) is 0 Å². The van der Waals surface area contributed by atoms with Crippen LogP contribution in [0.5, 0.6) is 0 Å². The van der Waals surface area contributed by atoms with Crippen molar-refractivity contribution in [1.29, 1.82) is 0 Å². The Balaban J connectivity index is 1.71. The van der Waals surface area contributed by atoms with Crippen LogP contribution in [0.2, 0.25) is 0 Å². The lowest BCUT2D eigenvalue weighted by Gasteiger charge is -2.26. The van der Waals surface area contributed by atoms with E-state index < -0.39 is 24.0 Å². The summed E-state index contributed by atoms with van der Waals surface area (Å²) >= 11 is 0. The summed E-state index contributed by atoms with van der Waals surface area (Å²) in [6.07, 6.45) is 5.86. The normalized spacial score (nSPS) is 21.2. The number of carbonyl (C=O) groups is 3. The zero-order valence-electron chi connectivity index (χ0n) is 21.6. The zero-order chi connectivity index (χ0) is 25.8. The number of benzene rings is 1. The summed E-state index contributed by atoms with van der Waals surface area (Å²) in [6.45, 7) is 5.70. The van der Waals surface area contributed by atoms with Gasteiger partial charge in [-0.1, -0.05) is 76.8 Å². The third-order valence-electron chi connectivity index (χ3n) is 7.35. The van der Waals surface area contributed by atoms with Gasteiger partial charge in [-0.05, 0) is 43.1 Å². The number of ether oxygens (including phenoxy) is 1. The Morgan fingerprint density at radius 1 is 1.09 bits per heavy atom. The van der Waals surface area contributed by atoms with E-state index in [9.17, 15) is 23.2 Å². The highest BCUT2D eigenvalue weighted by atomic mass is 19.3. The van der Waals surface area contributed by atoms with Crippen LogP contribution in [0, 0.1) is 23.7 Å². The minimum atomic E-state index is -3.28. The SMILES string of the molecule is CCCCC(F)(F)C(=O)C(C)C[C@H]1[C@H](C)CC(=O)[C@@H]1CCCCCCC(=O)OCc1ccccc1. The highest BCUT2D eigenvalue weighted by molar-refractivity contribution is 5.88. The first kappa shape index (κ1) is 29.1. The monoisotopic (exact) mass is 492 g/mol. The molecular formula is C29H42F2O4. The topological polar surface area (TPSA) is 60.4 Å². The first-order valence-corrected chi connectivity index (χ1v) is 13.3. The third kappa shape index (κ3) is 9.46. The first-order valence-electron chi connectivity index (χ1n) is 13.3. The fourth-order valence-electron chi connectivity index (χ4n) is 5.22. The Kier molecular flexibility index (Phi) is 12.0. The molecule has 0 N–H and O–H groups in total. The molecule has 0 radical (unpaired) electrons. The van der Waals surface area contributed by atoms with E-state index in [1.807, 2.05) is 44.2 Å². The molecule has 35 heavy (non-hydrogen) atoms. The molecule has 0 bridgehead atoms. The molecule has 0 heterocycles. The average Bonchev–Trinajstić information content (AvgIpc) is 3.10. The summed E-state index contributed by atoms with van der Waals surface area (Å²) < 4.78 is 33.8. The summed E-state index contributed by atoms with van der Waals surface area (Å²) in [5, 5.41) is 0. The summed E-state index contributed by atoms with van der Waals surface area (Å²) in [6, 6.07) is 9.57. The molecule has 1 saturated carbocycles. The van der Waals surface area contributed by atoms with Gasteiger partial charge in [0.1, 0.15) is 12.4 Å². The van der Waals surface area contributed by atoms with E-state index in [1.165, 1.54) is 0 Å². The number of carbonyl (C=O) groups excluding carboxylic acids is 3. The number of hydrogen-bond acceptors (Lipinski definition) is 4. The Hall–Kier alpha value is -2.11.